The van der Waals surface area contributed by atoms with E-state index in [1.54, 1.807) is 0 Å². The van der Waals surface area contributed by atoms with Gasteiger partial charge in [0.15, 0.2) is 0 Å². The average Bonchev–Trinajstić information content (AvgIpc) is 3.09. The van der Waals surface area contributed by atoms with Crippen LogP contribution in [-0.4, -0.2) is 29.7 Å². The number of halogens is 1. The van der Waals surface area contributed by atoms with E-state index < -0.39 is 0 Å². The molecule has 1 atom stereocenters. The number of thiophene rings is 1. The first-order valence-electron chi connectivity index (χ1n) is 6.93. The lowest BCUT2D eigenvalue weighted by Crippen LogP contribution is -2.20. The van der Waals surface area contributed by atoms with Crippen molar-refractivity contribution in [3.05, 3.63) is 46.3 Å². The van der Waals surface area contributed by atoms with Gasteiger partial charge >= 0.3 is 0 Å². The van der Waals surface area contributed by atoms with E-state index in [4.69, 9.17) is 11.6 Å². The van der Waals surface area contributed by atoms with E-state index in [-0.39, 0.29) is 0 Å². The molecule has 4 heteroatoms. The fourth-order valence-electron chi connectivity index (χ4n) is 2.69. The molecule has 1 saturated heterocycles. The summed E-state index contributed by atoms with van der Waals surface area (Å²) in [6.07, 6.45) is 1.11. The summed E-state index contributed by atoms with van der Waals surface area (Å²) in [5.41, 5.74) is 1.11. The first-order chi connectivity index (χ1) is 9.76. The van der Waals surface area contributed by atoms with Gasteiger partial charge in [0.2, 0.25) is 0 Å². The van der Waals surface area contributed by atoms with E-state index in [2.05, 4.69) is 23.1 Å². The quantitative estimate of drug-likeness (QED) is 0.926. The van der Waals surface area contributed by atoms with Crippen LogP contribution >= 0.6 is 22.9 Å². The Morgan fingerprint density at radius 3 is 2.85 bits per heavy atom. The zero-order chi connectivity index (χ0) is 13.9. The van der Waals surface area contributed by atoms with Crippen LogP contribution in [0.15, 0.2) is 36.4 Å². The molecule has 1 unspecified atom stereocenters. The van der Waals surface area contributed by atoms with Crippen molar-refractivity contribution in [2.24, 2.45) is 5.92 Å². The molecule has 1 aliphatic rings. The SMILES string of the molecule is OCC1CCN(Cc2ccc(-c3ccccc3Cl)s2)C1. The number of rotatable bonds is 4. The van der Waals surface area contributed by atoms with Crippen LogP contribution in [0.2, 0.25) is 5.02 Å². The van der Waals surface area contributed by atoms with E-state index in [1.807, 2.05) is 29.5 Å². The third-order valence-electron chi connectivity index (χ3n) is 3.81. The molecule has 0 spiro atoms. The minimum Gasteiger partial charge on any atom is -0.396 e. The van der Waals surface area contributed by atoms with Gasteiger partial charge in [-0.3, -0.25) is 4.90 Å². The van der Waals surface area contributed by atoms with E-state index in [0.29, 0.717) is 12.5 Å². The molecular weight excluding hydrogens is 290 g/mol. The molecule has 106 valence electrons. The van der Waals surface area contributed by atoms with Crippen LogP contribution in [0.1, 0.15) is 11.3 Å². The third-order valence-corrected chi connectivity index (χ3v) is 5.24. The Morgan fingerprint density at radius 1 is 1.25 bits per heavy atom. The van der Waals surface area contributed by atoms with Crippen molar-refractivity contribution in [3.8, 4) is 10.4 Å². The van der Waals surface area contributed by atoms with Crippen molar-refractivity contribution in [1.82, 2.24) is 4.90 Å². The van der Waals surface area contributed by atoms with Crippen molar-refractivity contribution >= 4 is 22.9 Å². The molecule has 20 heavy (non-hydrogen) atoms. The largest absolute Gasteiger partial charge is 0.396 e. The zero-order valence-electron chi connectivity index (χ0n) is 11.3. The highest BCUT2D eigenvalue weighted by atomic mass is 35.5. The monoisotopic (exact) mass is 307 g/mol. The van der Waals surface area contributed by atoms with Crippen LogP contribution in [0.5, 0.6) is 0 Å². The lowest BCUT2D eigenvalue weighted by atomic mass is 10.1. The smallest absolute Gasteiger partial charge is 0.0492 e. The molecule has 2 heterocycles. The van der Waals surface area contributed by atoms with Gasteiger partial charge in [-0.15, -0.1) is 11.3 Å². The van der Waals surface area contributed by atoms with Gasteiger partial charge in [0.1, 0.15) is 0 Å². The van der Waals surface area contributed by atoms with Crippen LogP contribution in [0.3, 0.4) is 0 Å². The Hall–Kier alpha value is -0.870. The molecule has 3 rings (SSSR count). The summed E-state index contributed by atoms with van der Waals surface area (Å²) in [5, 5.41) is 10.0. The maximum atomic E-state index is 9.19. The van der Waals surface area contributed by atoms with Gasteiger partial charge < -0.3 is 5.11 Å². The molecule has 0 aliphatic carbocycles. The fourth-order valence-corrected chi connectivity index (χ4v) is 4.08. The number of aliphatic hydroxyl groups is 1. The van der Waals surface area contributed by atoms with Gasteiger partial charge in [-0.25, -0.2) is 0 Å². The number of benzene rings is 1. The summed E-state index contributed by atoms with van der Waals surface area (Å²) >= 11 is 8.05. The summed E-state index contributed by atoms with van der Waals surface area (Å²) in [7, 11) is 0. The first kappa shape index (κ1) is 14.1. The van der Waals surface area contributed by atoms with Crippen LogP contribution < -0.4 is 0 Å². The molecule has 1 aliphatic heterocycles. The number of hydrogen-bond donors (Lipinski definition) is 1. The number of hydrogen-bond acceptors (Lipinski definition) is 3. The highest BCUT2D eigenvalue weighted by Crippen LogP contribution is 2.34. The molecular formula is C16H18ClNOS. The highest BCUT2D eigenvalue weighted by Gasteiger charge is 2.22. The van der Waals surface area contributed by atoms with Crippen LogP contribution in [0.25, 0.3) is 10.4 Å². The molecule has 0 radical (unpaired) electrons. The van der Waals surface area contributed by atoms with Crippen LogP contribution in [-0.2, 0) is 6.54 Å². The summed E-state index contributed by atoms with van der Waals surface area (Å²) in [6.45, 7) is 3.39. The number of likely N-dealkylation sites (tertiary alicyclic amines) is 1. The van der Waals surface area contributed by atoms with Crippen molar-refractivity contribution in [2.45, 2.75) is 13.0 Å². The van der Waals surface area contributed by atoms with Gasteiger partial charge in [-0.05, 0) is 37.1 Å². The molecule has 2 nitrogen and oxygen atoms in total. The standard InChI is InChI=1S/C16H18ClNOS/c17-15-4-2-1-3-14(15)16-6-5-13(20-16)10-18-8-7-12(9-18)11-19/h1-6,12,19H,7-11H2. The first-order valence-corrected chi connectivity index (χ1v) is 8.12. The molecule has 2 aromatic rings. The molecule has 1 N–H and O–H groups in total. The molecule has 1 fully saturated rings. The van der Waals surface area contributed by atoms with Gasteiger partial charge in [0, 0.05) is 40.0 Å². The Morgan fingerprint density at radius 2 is 2.10 bits per heavy atom. The maximum Gasteiger partial charge on any atom is 0.0492 e. The van der Waals surface area contributed by atoms with Crippen LogP contribution in [0.4, 0.5) is 0 Å². The molecule has 1 aromatic carbocycles. The van der Waals surface area contributed by atoms with Gasteiger partial charge in [0.25, 0.3) is 0 Å². The minimum absolute atomic E-state index is 0.311. The lowest BCUT2D eigenvalue weighted by molar-refractivity contribution is 0.220. The highest BCUT2D eigenvalue weighted by molar-refractivity contribution is 7.15. The second-order valence-electron chi connectivity index (χ2n) is 5.32. The van der Waals surface area contributed by atoms with E-state index in [1.165, 1.54) is 9.75 Å². The average molecular weight is 308 g/mol. The predicted molar refractivity (Wildman–Crippen MR) is 85.2 cm³/mol. The minimum atomic E-state index is 0.311. The fraction of sp³-hybridized carbons (Fsp3) is 0.375. The van der Waals surface area contributed by atoms with E-state index in [0.717, 1.165) is 36.6 Å². The number of aliphatic hydroxyl groups excluding tert-OH is 1. The van der Waals surface area contributed by atoms with Gasteiger partial charge in [-0.2, -0.15) is 0 Å². The van der Waals surface area contributed by atoms with Crippen LogP contribution in [0, 0.1) is 5.92 Å². The van der Waals surface area contributed by atoms with E-state index in [9.17, 15) is 5.11 Å². The van der Waals surface area contributed by atoms with Crippen molar-refractivity contribution < 1.29 is 5.11 Å². The van der Waals surface area contributed by atoms with Gasteiger partial charge in [0.05, 0.1) is 0 Å². The topological polar surface area (TPSA) is 23.5 Å². The summed E-state index contributed by atoms with van der Waals surface area (Å²) < 4.78 is 0. The summed E-state index contributed by atoms with van der Waals surface area (Å²) in [4.78, 5) is 5.00. The summed E-state index contributed by atoms with van der Waals surface area (Å²) in [5.74, 6) is 0.456. The third kappa shape index (κ3) is 3.07. The molecule has 0 saturated carbocycles. The molecule has 1 aromatic heterocycles. The van der Waals surface area contributed by atoms with Crippen molar-refractivity contribution in [3.63, 3.8) is 0 Å². The van der Waals surface area contributed by atoms with E-state index >= 15 is 0 Å². The molecule has 0 bridgehead atoms. The Bertz CT molecular complexity index is 583. The Kier molecular flexibility index (Phi) is 4.41. The molecule has 0 amide bonds. The lowest BCUT2D eigenvalue weighted by Gasteiger charge is -2.13. The van der Waals surface area contributed by atoms with Crippen molar-refractivity contribution in [1.29, 1.82) is 0 Å². The van der Waals surface area contributed by atoms with Gasteiger partial charge in [-0.1, -0.05) is 29.8 Å². The predicted octanol–water partition coefficient (Wildman–Crippen LogP) is 3.88. The normalized spacial score (nSPS) is 19.6. The Balaban J connectivity index is 1.70. The zero-order valence-corrected chi connectivity index (χ0v) is 12.8. The number of nitrogens with zero attached hydrogens (tertiary/aromatic N) is 1. The second kappa shape index (κ2) is 6.27. The maximum absolute atomic E-state index is 9.19. The van der Waals surface area contributed by atoms with Crippen molar-refractivity contribution in [2.75, 3.05) is 19.7 Å². The summed E-state index contributed by atoms with van der Waals surface area (Å²) in [6, 6.07) is 12.3. The Labute approximate surface area is 128 Å². The second-order valence-corrected chi connectivity index (χ2v) is 6.89.